The number of fused-ring (bicyclic) bond motifs is 9. The number of hydrogen-bond donors (Lipinski definition) is 0. The molecule has 1 aliphatic carbocycles. The van der Waals surface area contributed by atoms with E-state index in [0.717, 1.165) is 0 Å². The van der Waals surface area contributed by atoms with Crippen molar-refractivity contribution in [3.8, 4) is 11.1 Å². The highest BCUT2D eigenvalue weighted by molar-refractivity contribution is 5.93. The lowest BCUT2D eigenvalue weighted by Crippen LogP contribution is -2.45. The molecular formula is C29H25N. The Hall–Kier alpha value is -3.32. The first-order chi connectivity index (χ1) is 14.5. The fourth-order valence-corrected chi connectivity index (χ4v) is 5.78. The fraction of sp³-hybridized carbons (Fsp3) is 0.172. The van der Waals surface area contributed by atoms with Gasteiger partial charge in [0.15, 0.2) is 0 Å². The summed E-state index contributed by atoms with van der Waals surface area (Å²) in [4.78, 5) is 2.52. The van der Waals surface area contributed by atoms with Gasteiger partial charge in [0.1, 0.15) is 0 Å². The lowest BCUT2D eigenvalue weighted by atomic mass is 9.64. The van der Waals surface area contributed by atoms with Crippen molar-refractivity contribution in [3.63, 3.8) is 0 Å². The van der Waals surface area contributed by atoms with Gasteiger partial charge in [-0.05, 0) is 66.3 Å². The van der Waals surface area contributed by atoms with Crippen LogP contribution in [-0.4, -0.2) is 5.54 Å². The largest absolute Gasteiger partial charge is 0.336 e. The molecule has 0 N–H and O–H groups in total. The SMILES string of the molecule is CC(C)(C)N1c2ccccc2C2(c3ccccc3-c3ccccc32)c2ccccc21. The second-order valence-corrected chi connectivity index (χ2v) is 9.38. The predicted molar refractivity (Wildman–Crippen MR) is 126 cm³/mol. The third-order valence-corrected chi connectivity index (χ3v) is 6.72. The Labute approximate surface area is 178 Å². The van der Waals surface area contributed by atoms with Crippen molar-refractivity contribution >= 4 is 11.4 Å². The number of para-hydroxylation sites is 2. The second-order valence-electron chi connectivity index (χ2n) is 9.38. The Morgan fingerprint density at radius 2 is 0.867 bits per heavy atom. The van der Waals surface area contributed by atoms with E-state index >= 15 is 0 Å². The number of hydrogen-bond acceptors (Lipinski definition) is 1. The van der Waals surface area contributed by atoms with Gasteiger partial charge in [0, 0.05) is 16.9 Å². The average molecular weight is 388 g/mol. The summed E-state index contributed by atoms with van der Waals surface area (Å²) in [6.45, 7) is 6.90. The summed E-state index contributed by atoms with van der Waals surface area (Å²) in [7, 11) is 0. The fourth-order valence-electron chi connectivity index (χ4n) is 5.78. The van der Waals surface area contributed by atoms with Gasteiger partial charge >= 0.3 is 0 Å². The molecule has 6 rings (SSSR count). The van der Waals surface area contributed by atoms with Crippen LogP contribution >= 0.6 is 0 Å². The Kier molecular flexibility index (Phi) is 3.42. The summed E-state index contributed by atoms with van der Waals surface area (Å²) in [5.41, 5.74) is 10.5. The third kappa shape index (κ3) is 2.02. The second kappa shape index (κ2) is 5.86. The molecule has 1 spiro atoms. The van der Waals surface area contributed by atoms with E-state index in [9.17, 15) is 0 Å². The van der Waals surface area contributed by atoms with E-state index in [0.29, 0.717) is 0 Å². The van der Waals surface area contributed by atoms with E-state index in [2.05, 4.69) is 123 Å². The van der Waals surface area contributed by atoms with Crippen LogP contribution in [0.3, 0.4) is 0 Å². The highest BCUT2D eigenvalue weighted by Gasteiger charge is 2.52. The van der Waals surface area contributed by atoms with Crippen molar-refractivity contribution in [2.24, 2.45) is 0 Å². The topological polar surface area (TPSA) is 3.24 Å². The van der Waals surface area contributed by atoms with Gasteiger partial charge in [0.05, 0.1) is 5.41 Å². The number of anilines is 2. The van der Waals surface area contributed by atoms with E-state index in [1.807, 2.05) is 0 Å². The number of rotatable bonds is 0. The lowest BCUT2D eigenvalue weighted by molar-refractivity contribution is 0.544. The van der Waals surface area contributed by atoms with Crippen molar-refractivity contribution in [2.75, 3.05) is 4.90 Å². The quantitative estimate of drug-likeness (QED) is 0.269. The molecule has 0 saturated heterocycles. The molecule has 1 aliphatic heterocycles. The molecule has 1 heteroatoms. The van der Waals surface area contributed by atoms with Crippen molar-refractivity contribution in [1.29, 1.82) is 0 Å². The monoisotopic (exact) mass is 387 g/mol. The lowest BCUT2D eigenvalue weighted by Gasteiger charge is -2.49. The molecule has 0 aromatic heterocycles. The zero-order chi connectivity index (χ0) is 20.5. The van der Waals surface area contributed by atoms with Crippen LogP contribution in [0.25, 0.3) is 11.1 Å². The van der Waals surface area contributed by atoms with Gasteiger partial charge in [0.25, 0.3) is 0 Å². The van der Waals surface area contributed by atoms with E-state index in [4.69, 9.17) is 0 Å². The van der Waals surface area contributed by atoms with Crippen molar-refractivity contribution in [2.45, 2.75) is 31.7 Å². The summed E-state index contributed by atoms with van der Waals surface area (Å²) in [5, 5.41) is 0. The molecule has 2 aliphatic rings. The molecule has 0 radical (unpaired) electrons. The highest BCUT2D eigenvalue weighted by atomic mass is 15.2. The zero-order valence-corrected chi connectivity index (χ0v) is 17.7. The first kappa shape index (κ1) is 17.5. The van der Waals surface area contributed by atoms with Gasteiger partial charge in [0.2, 0.25) is 0 Å². The predicted octanol–water partition coefficient (Wildman–Crippen LogP) is 7.30. The Morgan fingerprint density at radius 3 is 1.30 bits per heavy atom. The smallest absolute Gasteiger partial charge is 0.0754 e. The highest BCUT2D eigenvalue weighted by Crippen LogP contribution is 2.62. The average Bonchev–Trinajstić information content (AvgIpc) is 3.05. The standard InChI is InChI=1S/C29H25N/c1-28(2,3)30-26-18-10-8-16-24(26)29(25-17-9-11-19-27(25)30)22-14-6-4-12-20(22)21-13-5-7-15-23(21)29/h4-19H,1-3H3. The first-order valence-corrected chi connectivity index (χ1v) is 10.7. The molecule has 0 amide bonds. The molecule has 0 unspecified atom stereocenters. The molecule has 0 saturated carbocycles. The summed E-state index contributed by atoms with van der Waals surface area (Å²) in [6, 6.07) is 35.9. The van der Waals surface area contributed by atoms with Gasteiger partial charge in [-0.15, -0.1) is 0 Å². The summed E-state index contributed by atoms with van der Waals surface area (Å²) in [6.07, 6.45) is 0. The van der Waals surface area contributed by atoms with Crippen molar-refractivity contribution in [1.82, 2.24) is 0 Å². The minimum absolute atomic E-state index is 0.0363. The van der Waals surface area contributed by atoms with Crippen LogP contribution in [0.5, 0.6) is 0 Å². The van der Waals surface area contributed by atoms with Crippen LogP contribution in [0.1, 0.15) is 43.0 Å². The normalized spacial score (nSPS) is 15.4. The number of nitrogens with zero attached hydrogens (tertiary/aromatic N) is 1. The maximum absolute atomic E-state index is 2.52. The van der Waals surface area contributed by atoms with Crippen molar-refractivity contribution < 1.29 is 0 Å². The maximum Gasteiger partial charge on any atom is 0.0754 e. The molecule has 146 valence electrons. The molecule has 0 bridgehead atoms. The first-order valence-electron chi connectivity index (χ1n) is 10.7. The Bertz CT molecular complexity index is 1200. The molecule has 4 aromatic rings. The van der Waals surface area contributed by atoms with Gasteiger partial charge in [-0.3, -0.25) is 0 Å². The molecule has 0 atom stereocenters. The minimum atomic E-state index is -0.290. The van der Waals surface area contributed by atoms with Gasteiger partial charge < -0.3 is 4.90 Å². The van der Waals surface area contributed by atoms with E-state index in [1.54, 1.807) is 0 Å². The molecular weight excluding hydrogens is 362 g/mol. The van der Waals surface area contributed by atoms with Crippen LogP contribution in [0, 0.1) is 0 Å². The molecule has 4 aromatic carbocycles. The van der Waals surface area contributed by atoms with Gasteiger partial charge in [-0.25, -0.2) is 0 Å². The number of benzene rings is 4. The molecule has 0 fully saturated rings. The summed E-state index contributed by atoms with van der Waals surface area (Å²) >= 11 is 0. The maximum atomic E-state index is 2.52. The third-order valence-electron chi connectivity index (χ3n) is 6.72. The van der Waals surface area contributed by atoms with Crippen LogP contribution < -0.4 is 4.90 Å². The Morgan fingerprint density at radius 1 is 0.500 bits per heavy atom. The van der Waals surface area contributed by atoms with Crippen LogP contribution in [0.15, 0.2) is 97.1 Å². The molecule has 1 heterocycles. The van der Waals surface area contributed by atoms with Gasteiger partial charge in [-0.2, -0.15) is 0 Å². The van der Waals surface area contributed by atoms with Crippen LogP contribution in [0.4, 0.5) is 11.4 Å². The summed E-state index contributed by atoms with van der Waals surface area (Å²) in [5.74, 6) is 0. The van der Waals surface area contributed by atoms with E-state index in [-0.39, 0.29) is 11.0 Å². The van der Waals surface area contributed by atoms with Crippen LogP contribution in [0.2, 0.25) is 0 Å². The molecule has 1 nitrogen and oxygen atoms in total. The van der Waals surface area contributed by atoms with Crippen molar-refractivity contribution in [3.05, 3.63) is 119 Å². The molecule has 30 heavy (non-hydrogen) atoms. The summed E-state index contributed by atoms with van der Waals surface area (Å²) < 4.78 is 0. The van der Waals surface area contributed by atoms with E-state index < -0.39 is 0 Å². The zero-order valence-electron chi connectivity index (χ0n) is 17.7. The van der Waals surface area contributed by atoms with Gasteiger partial charge in [-0.1, -0.05) is 84.9 Å². The Balaban J connectivity index is 1.84. The van der Waals surface area contributed by atoms with E-state index in [1.165, 1.54) is 44.8 Å². The van der Waals surface area contributed by atoms with Crippen LogP contribution in [-0.2, 0) is 5.41 Å². The minimum Gasteiger partial charge on any atom is -0.336 e.